The van der Waals surface area contributed by atoms with Gasteiger partial charge < -0.3 is 4.81 Å². The Morgan fingerprint density at radius 3 is 1.71 bits per heavy atom. The second-order valence-corrected chi connectivity index (χ2v) is 21.3. The molecular weight excluding hydrogens is 766 g/mol. The second kappa shape index (κ2) is 13.9. The van der Waals surface area contributed by atoms with E-state index < -0.39 is 0 Å². The molecule has 3 heteroatoms. The summed E-state index contributed by atoms with van der Waals surface area (Å²) in [5.74, 6) is 0. The maximum Gasteiger partial charge on any atom is 0.328 e. The zero-order valence-electron chi connectivity index (χ0n) is 37.1. The summed E-state index contributed by atoms with van der Waals surface area (Å²) in [5, 5.41) is 2.67. The normalized spacial score (nSPS) is 14.2. The van der Waals surface area contributed by atoms with Gasteiger partial charge in [-0.15, -0.1) is 11.3 Å². The van der Waals surface area contributed by atoms with Gasteiger partial charge in [0, 0.05) is 37.1 Å². The molecule has 0 radical (unpaired) electrons. The van der Waals surface area contributed by atoms with Crippen molar-refractivity contribution in [2.75, 3.05) is 4.81 Å². The Morgan fingerprint density at radius 2 is 1.05 bits per heavy atom. The Labute approximate surface area is 371 Å². The fourth-order valence-electron chi connectivity index (χ4n) is 10.2. The lowest BCUT2D eigenvalue weighted by Crippen LogP contribution is -2.59. The average molecular weight is 818 g/mol. The van der Waals surface area contributed by atoms with Gasteiger partial charge in [0.15, 0.2) is 0 Å². The van der Waals surface area contributed by atoms with Crippen LogP contribution in [-0.2, 0) is 16.2 Å². The second-order valence-electron chi connectivity index (χ2n) is 20.2. The van der Waals surface area contributed by atoms with Crippen LogP contribution in [0.4, 0.5) is 11.4 Å². The van der Waals surface area contributed by atoms with E-state index in [1.54, 1.807) is 0 Å². The van der Waals surface area contributed by atoms with Crippen molar-refractivity contribution in [2.24, 2.45) is 0 Å². The molecule has 0 aliphatic carbocycles. The Balaban J connectivity index is 1.21. The predicted molar refractivity (Wildman–Crippen MR) is 271 cm³/mol. The number of hydrogen-bond acceptors (Lipinski definition) is 2. The van der Waals surface area contributed by atoms with Crippen LogP contribution in [0.5, 0.6) is 0 Å². The van der Waals surface area contributed by atoms with Crippen molar-refractivity contribution in [1.82, 2.24) is 0 Å². The van der Waals surface area contributed by atoms with Gasteiger partial charge in [-0.2, -0.15) is 0 Å². The van der Waals surface area contributed by atoms with E-state index in [9.17, 15) is 0 Å². The summed E-state index contributed by atoms with van der Waals surface area (Å²) in [7, 11) is 0. The summed E-state index contributed by atoms with van der Waals surface area (Å²) in [6.07, 6.45) is 0. The smallest absolute Gasteiger partial charge is 0.328 e. The molecule has 0 saturated heterocycles. The highest BCUT2D eigenvalue weighted by Crippen LogP contribution is 2.56. The maximum atomic E-state index is 2.73. The molecule has 0 spiro atoms. The number of anilines is 2. The molecule has 1 nitrogen and oxygen atoms in total. The molecule has 0 N–H and O–H groups in total. The van der Waals surface area contributed by atoms with Crippen LogP contribution in [0.15, 0.2) is 170 Å². The largest absolute Gasteiger partial charge is 0.376 e. The van der Waals surface area contributed by atoms with E-state index in [0.717, 1.165) is 0 Å². The van der Waals surface area contributed by atoms with Crippen molar-refractivity contribution in [3.05, 3.63) is 192 Å². The number of hydrogen-bond donors (Lipinski definition) is 0. The maximum absolute atomic E-state index is 2.73. The van der Waals surface area contributed by atoms with Crippen molar-refractivity contribution in [3.63, 3.8) is 0 Å². The van der Waals surface area contributed by atoms with E-state index in [1.807, 2.05) is 11.3 Å². The molecule has 2 aliphatic heterocycles. The highest BCUT2D eigenvalue weighted by Gasteiger charge is 2.47. The lowest BCUT2D eigenvalue weighted by molar-refractivity contribution is 0.574. The van der Waals surface area contributed by atoms with Gasteiger partial charge in [0.1, 0.15) is 0 Å². The summed E-state index contributed by atoms with van der Waals surface area (Å²) in [6.45, 7) is 19.0. The molecule has 3 heterocycles. The molecule has 0 fully saturated rings. The molecular formula is C59H52BNS. The van der Waals surface area contributed by atoms with Crippen LogP contribution in [0.25, 0.3) is 64.7 Å². The molecule has 302 valence electrons. The molecule has 62 heavy (non-hydrogen) atoms. The van der Waals surface area contributed by atoms with Crippen molar-refractivity contribution in [2.45, 2.75) is 71.6 Å². The van der Waals surface area contributed by atoms with Crippen LogP contribution in [-0.4, -0.2) is 6.85 Å². The molecule has 0 unspecified atom stereocenters. The van der Waals surface area contributed by atoms with Crippen molar-refractivity contribution < 1.29 is 0 Å². The molecule has 8 aromatic carbocycles. The first-order valence-electron chi connectivity index (χ1n) is 22.2. The molecule has 0 atom stereocenters. The number of thiophene rings is 1. The number of nitrogens with zero attached hydrogens (tertiary/aromatic N) is 1. The lowest BCUT2D eigenvalue weighted by atomic mass is 9.44. The summed E-state index contributed by atoms with van der Waals surface area (Å²) in [5.41, 5.74) is 20.6. The zero-order valence-corrected chi connectivity index (χ0v) is 37.9. The van der Waals surface area contributed by atoms with Gasteiger partial charge in [0.2, 0.25) is 0 Å². The van der Waals surface area contributed by atoms with Gasteiger partial charge in [0.05, 0.1) is 0 Å². The first kappa shape index (κ1) is 38.7. The minimum absolute atomic E-state index is 0.0251. The van der Waals surface area contributed by atoms with E-state index in [0.29, 0.717) is 0 Å². The predicted octanol–water partition coefficient (Wildman–Crippen LogP) is 15.2. The van der Waals surface area contributed by atoms with E-state index in [1.165, 1.54) is 109 Å². The minimum atomic E-state index is -0.236. The van der Waals surface area contributed by atoms with E-state index >= 15 is 0 Å². The molecule has 0 bridgehead atoms. The Morgan fingerprint density at radius 1 is 0.452 bits per heavy atom. The first-order chi connectivity index (χ1) is 29.7. The highest BCUT2D eigenvalue weighted by molar-refractivity contribution is 7.25. The summed E-state index contributed by atoms with van der Waals surface area (Å²) in [4.78, 5) is 2.73. The fourth-order valence-corrected chi connectivity index (χ4v) is 11.3. The average Bonchev–Trinajstić information content (AvgIpc) is 3.65. The van der Waals surface area contributed by atoms with Crippen LogP contribution >= 0.6 is 11.3 Å². The third-order valence-corrected chi connectivity index (χ3v) is 14.9. The van der Waals surface area contributed by atoms with Gasteiger partial charge in [-0.05, 0) is 137 Å². The van der Waals surface area contributed by atoms with Crippen LogP contribution in [0, 0.1) is 0 Å². The van der Waals surface area contributed by atoms with Crippen molar-refractivity contribution >= 4 is 60.7 Å². The lowest BCUT2D eigenvalue weighted by Gasteiger charge is -2.49. The fraction of sp³-hybridized carbons (Fsp3) is 0.186. The Kier molecular flexibility index (Phi) is 8.70. The number of fused-ring (bicyclic) bond motifs is 7. The van der Waals surface area contributed by atoms with E-state index in [-0.39, 0.29) is 23.1 Å². The minimum Gasteiger partial charge on any atom is -0.376 e. The summed E-state index contributed by atoms with van der Waals surface area (Å²) < 4.78 is 2.67. The summed E-state index contributed by atoms with van der Waals surface area (Å²) in [6, 6.07) is 64.7. The highest BCUT2D eigenvalue weighted by atomic mass is 32.1. The molecule has 0 saturated carbocycles. The summed E-state index contributed by atoms with van der Waals surface area (Å²) >= 11 is 1.89. The molecule has 9 aromatic rings. The first-order valence-corrected chi connectivity index (χ1v) is 23.0. The Bertz CT molecular complexity index is 3170. The molecule has 11 rings (SSSR count). The Hall–Kier alpha value is -6.16. The zero-order chi connectivity index (χ0) is 42.7. The molecule has 2 aliphatic rings. The third-order valence-electron chi connectivity index (χ3n) is 13.8. The van der Waals surface area contributed by atoms with Gasteiger partial charge in [0.25, 0.3) is 0 Å². The van der Waals surface area contributed by atoms with Crippen LogP contribution in [0.1, 0.15) is 77.6 Å². The van der Waals surface area contributed by atoms with Crippen LogP contribution in [0.3, 0.4) is 0 Å². The van der Waals surface area contributed by atoms with Crippen molar-refractivity contribution in [1.29, 1.82) is 0 Å². The van der Waals surface area contributed by atoms with Gasteiger partial charge in [-0.1, -0.05) is 177 Å². The van der Waals surface area contributed by atoms with E-state index in [4.69, 9.17) is 0 Å². The topological polar surface area (TPSA) is 3.24 Å². The third kappa shape index (κ3) is 6.19. The van der Waals surface area contributed by atoms with Gasteiger partial charge in [-0.3, -0.25) is 0 Å². The van der Waals surface area contributed by atoms with Crippen LogP contribution in [0.2, 0.25) is 0 Å². The van der Waals surface area contributed by atoms with Gasteiger partial charge in [-0.25, -0.2) is 0 Å². The quantitative estimate of drug-likeness (QED) is 0.160. The molecule has 1 aromatic heterocycles. The van der Waals surface area contributed by atoms with Gasteiger partial charge >= 0.3 is 6.85 Å². The number of rotatable bonds is 4. The van der Waals surface area contributed by atoms with Crippen LogP contribution < -0.4 is 15.7 Å². The van der Waals surface area contributed by atoms with Crippen molar-refractivity contribution in [3.8, 4) is 44.5 Å². The monoisotopic (exact) mass is 817 g/mol. The van der Waals surface area contributed by atoms with E-state index in [2.05, 4.69) is 230 Å². The number of benzene rings is 8. The SMILES string of the molecule is CC(C)(C)c1ccc2c(c1)C(C)(C)c1cc(C(C)(C)C)cc3c1N2B(c1ccc2sc4ccccc4c2c1)c1ccc(-c2cc(-c4ccccc4)cc(-c4ccccc4)c2)cc1-3. The molecule has 0 amide bonds. The standard InChI is InChI=1S/C59H52BNS/c1-57(2,3)43-24-27-53-50(34-43)59(7,8)51-35-44(58(4,5)6)33-49-47-32-39(42-30-40(37-17-11-9-12-18-37)29-41(31-42)38-19-13-10-14-20-38)23-26-52(47)60(61(53)56(49)51)45-25-28-55-48(36-45)46-21-15-16-22-54(46)62-55/h9-36H,1-8H3.